The van der Waals surface area contributed by atoms with Crippen molar-refractivity contribution < 1.29 is 9.59 Å². The third kappa shape index (κ3) is 3.76. The van der Waals surface area contributed by atoms with E-state index in [1.54, 1.807) is 13.8 Å². The summed E-state index contributed by atoms with van der Waals surface area (Å²) in [7, 11) is 0. The average molecular weight is 366 g/mol. The van der Waals surface area contributed by atoms with Gasteiger partial charge >= 0.3 is 123 Å². The molecule has 0 atom stereocenters. The SMILES string of the molecule is CC(=O)c1ccc([Te]c2ccc(C(C)=O)cc2)cc1. The summed E-state index contributed by atoms with van der Waals surface area (Å²) in [5.74, 6) is 0.191. The first kappa shape index (κ1) is 14.0. The van der Waals surface area contributed by atoms with Crippen molar-refractivity contribution in [2.75, 3.05) is 0 Å². The van der Waals surface area contributed by atoms with Crippen molar-refractivity contribution in [3.63, 3.8) is 0 Å². The second kappa shape index (κ2) is 6.14. The summed E-state index contributed by atoms with van der Waals surface area (Å²) in [5.41, 5.74) is 1.51. The van der Waals surface area contributed by atoms with Gasteiger partial charge in [0.05, 0.1) is 0 Å². The Morgan fingerprint density at radius 2 is 1.00 bits per heavy atom. The van der Waals surface area contributed by atoms with Gasteiger partial charge in [-0.2, -0.15) is 0 Å². The molecule has 0 fully saturated rings. The minimum atomic E-state index is -0.452. The number of hydrogen-bond donors (Lipinski definition) is 0. The van der Waals surface area contributed by atoms with Gasteiger partial charge in [-0.3, -0.25) is 0 Å². The van der Waals surface area contributed by atoms with E-state index in [1.807, 2.05) is 48.5 Å². The molecule has 96 valence electrons. The molecular weight excluding hydrogens is 352 g/mol. The average Bonchev–Trinajstić information content (AvgIpc) is 2.40. The van der Waals surface area contributed by atoms with Crippen molar-refractivity contribution in [1.29, 1.82) is 0 Å². The van der Waals surface area contributed by atoms with Gasteiger partial charge in [-0.15, -0.1) is 0 Å². The quantitative estimate of drug-likeness (QED) is 0.611. The molecule has 0 aliphatic carbocycles. The minimum absolute atomic E-state index is 0.0953. The van der Waals surface area contributed by atoms with Gasteiger partial charge in [0.25, 0.3) is 0 Å². The molecular formula is C16H14O2Te. The van der Waals surface area contributed by atoms with Gasteiger partial charge in [-0.25, -0.2) is 0 Å². The molecule has 19 heavy (non-hydrogen) atoms. The van der Waals surface area contributed by atoms with E-state index in [2.05, 4.69) is 0 Å². The maximum absolute atomic E-state index is 11.2. The molecule has 0 heterocycles. The summed E-state index contributed by atoms with van der Waals surface area (Å²) in [6.07, 6.45) is 0. The van der Waals surface area contributed by atoms with Crippen LogP contribution in [0.5, 0.6) is 0 Å². The molecule has 0 aromatic heterocycles. The standard InChI is InChI=1S/C16H14O2Te/c1-11(17)13-3-7-15(8-4-13)19-16-9-5-14(6-10-16)12(2)18/h3-10H,1-2H3. The number of rotatable bonds is 4. The molecule has 0 unspecified atom stereocenters. The van der Waals surface area contributed by atoms with Crippen molar-refractivity contribution in [2.45, 2.75) is 13.8 Å². The number of carbonyl (C=O) groups is 2. The van der Waals surface area contributed by atoms with Crippen LogP contribution in [0.2, 0.25) is 0 Å². The Hall–Kier alpha value is -1.43. The summed E-state index contributed by atoms with van der Waals surface area (Å²) >= 11 is -0.452. The maximum atomic E-state index is 11.2. The monoisotopic (exact) mass is 368 g/mol. The first-order valence-electron chi connectivity index (χ1n) is 5.96. The van der Waals surface area contributed by atoms with Crippen molar-refractivity contribution in [1.82, 2.24) is 0 Å². The fourth-order valence-corrected chi connectivity index (χ4v) is 3.98. The molecule has 0 bridgehead atoms. The van der Waals surface area contributed by atoms with Gasteiger partial charge in [0.15, 0.2) is 0 Å². The zero-order chi connectivity index (χ0) is 13.8. The molecule has 2 aromatic carbocycles. The molecule has 0 saturated carbocycles. The predicted molar refractivity (Wildman–Crippen MR) is 77.9 cm³/mol. The first-order valence-corrected chi connectivity index (χ1v) is 8.29. The van der Waals surface area contributed by atoms with Gasteiger partial charge in [0.1, 0.15) is 0 Å². The summed E-state index contributed by atoms with van der Waals surface area (Å²) in [6.45, 7) is 3.15. The third-order valence-electron chi connectivity index (χ3n) is 2.76. The molecule has 2 rings (SSSR count). The molecule has 0 saturated heterocycles. The van der Waals surface area contributed by atoms with Crippen LogP contribution in [0.15, 0.2) is 48.5 Å². The Balaban J connectivity index is 2.12. The first-order chi connectivity index (χ1) is 9.06. The van der Waals surface area contributed by atoms with Crippen LogP contribution in [0.3, 0.4) is 0 Å². The normalized spacial score (nSPS) is 10.2. The number of hydrogen-bond acceptors (Lipinski definition) is 2. The van der Waals surface area contributed by atoms with Gasteiger partial charge in [-0.1, -0.05) is 0 Å². The van der Waals surface area contributed by atoms with Crippen LogP contribution >= 0.6 is 0 Å². The summed E-state index contributed by atoms with van der Waals surface area (Å²) < 4.78 is 2.57. The van der Waals surface area contributed by atoms with E-state index in [0.29, 0.717) is 0 Å². The van der Waals surface area contributed by atoms with E-state index >= 15 is 0 Å². The van der Waals surface area contributed by atoms with E-state index in [-0.39, 0.29) is 11.6 Å². The summed E-state index contributed by atoms with van der Waals surface area (Å²) in [5, 5.41) is 0. The molecule has 0 radical (unpaired) electrons. The number of benzene rings is 2. The number of ketones is 2. The van der Waals surface area contributed by atoms with E-state index < -0.39 is 20.9 Å². The molecule has 2 aromatic rings. The topological polar surface area (TPSA) is 34.1 Å². The Labute approximate surface area is 122 Å². The Morgan fingerprint density at radius 1 is 0.684 bits per heavy atom. The number of carbonyl (C=O) groups excluding carboxylic acids is 2. The molecule has 0 N–H and O–H groups in total. The molecule has 2 nitrogen and oxygen atoms in total. The molecule has 0 spiro atoms. The zero-order valence-electron chi connectivity index (χ0n) is 10.8. The van der Waals surface area contributed by atoms with Crippen molar-refractivity contribution in [2.24, 2.45) is 0 Å². The van der Waals surface area contributed by atoms with Crippen molar-refractivity contribution in [3.8, 4) is 0 Å². The fraction of sp³-hybridized carbons (Fsp3) is 0.125. The fourth-order valence-electron chi connectivity index (χ4n) is 1.65. The van der Waals surface area contributed by atoms with Gasteiger partial charge in [-0.05, 0) is 0 Å². The van der Waals surface area contributed by atoms with Gasteiger partial charge < -0.3 is 0 Å². The molecule has 0 aliphatic heterocycles. The van der Waals surface area contributed by atoms with Gasteiger partial charge in [0, 0.05) is 0 Å². The van der Waals surface area contributed by atoms with E-state index in [0.717, 1.165) is 11.1 Å². The number of Topliss-reactive ketones (excluding diaryl/α,β-unsaturated/α-hetero) is 2. The molecule has 0 amide bonds. The van der Waals surface area contributed by atoms with Crippen LogP contribution < -0.4 is 7.22 Å². The van der Waals surface area contributed by atoms with Crippen LogP contribution in [0, 0.1) is 0 Å². The zero-order valence-corrected chi connectivity index (χ0v) is 13.2. The Kier molecular flexibility index (Phi) is 4.52. The van der Waals surface area contributed by atoms with Crippen LogP contribution in [0.1, 0.15) is 34.6 Å². The van der Waals surface area contributed by atoms with E-state index in [4.69, 9.17) is 0 Å². The van der Waals surface area contributed by atoms with E-state index in [9.17, 15) is 9.59 Å². The van der Waals surface area contributed by atoms with E-state index in [1.165, 1.54) is 7.22 Å². The Bertz CT molecular complexity index is 542. The second-order valence-corrected chi connectivity index (χ2v) is 7.54. The van der Waals surface area contributed by atoms with Crippen LogP contribution in [-0.2, 0) is 0 Å². The molecule has 0 aliphatic rings. The summed E-state index contributed by atoms with van der Waals surface area (Å²) in [4.78, 5) is 22.4. The van der Waals surface area contributed by atoms with Crippen molar-refractivity contribution >= 4 is 39.7 Å². The third-order valence-corrected chi connectivity index (χ3v) is 5.66. The Morgan fingerprint density at radius 3 is 1.26 bits per heavy atom. The summed E-state index contributed by atoms with van der Waals surface area (Å²) in [6, 6.07) is 15.6. The second-order valence-electron chi connectivity index (χ2n) is 4.26. The van der Waals surface area contributed by atoms with Crippen LogP contribution in [-0.4, -0.2) is 32.5 Å². The van der Waals surface area contributed by atoms with Crippen molar-refractivity contribution in [3.05, 3.63) is 59.7 Å². The van der Waals surface area contributed by atoms with Crippen LogP contribution in [0.4, 0.5) is 0 Å². The van der Waals surface area contributed by atoms with Crippen LogP contribution in [0.25, 0.3) is 0 Å². The van der Waals surface area contributed by atoms with Gasteiger partial charge in [0.2, 0.25) is 0 Å². The predicted octanol–water partition coefficient (Wildman–Crippen LogP) is 1.75. The molecule has 3 heteroatoms.